The Kier molecular flexibility index (Phi) is 9.33. The van der Waals surface area contributed by atoms with Gasteiger partial charge in [0.1, 0.15) is 18.4 Å². The van der Waals surface area contributed by atoms with E-state index in [1.807, 2.05) is 0 Å². The summed E-state index contributed by atoms with van der Waals surface area (Å²) < 4.78 is 41.9. The average Bonchev–Trinajstić information content (AvgIpc) is 3.48. The van der Waals surface area contributed by atoms with Gasteiger partial charge in [-0.1, -0.05) is 49.2 Å². The van der Waals surface area contributed by atoms with Crippen molar-refractivity contribution in [3.05, 3.63) is 100 Å². The number of carbonyl (C=O) groups is 2. The van der Waals surface area contributed by atoms with E-state index in [2.05, 4.69) is 5.32 Å². The molecule has 0 heterocycles. The summed E-state index contributed by atoms with van der Waals surface area (Å²) in [4.78, 5) is 39.0. The van der Waals surface area contributed by atoms with Crippen LogP contribution in [0.1, 0.15) is 38.2 Å². The molecule has 41 heavy (non-hydrogen) atoms. The van der Waals surface area contributed by atoms with Crippen LogP contribution >= 0.6 is 0 Å². The van der Waals surface area contributed by atoms with Crippen LogP contribution < -0.4 is 9.62 Å². The molecule has 10 nitrogen and oxygen atoms in total. The predicted molar refractivity (Wildman–Crippen MR) is 151 cm³/mol. The fraction of sp³-hybridized carbons (Fsp3) is 0.310. The molecule has 2 amide bonds. The van der Waals surface area contributed by atoms with E-state index in [1.54, 1.807) is 13.0 Å². The lowest BCUT2D eigenvalue weighted by atomic mass is 10.1. The normalized spacial score (nSPS) is 14.3. The Bertz CT molecular complexity index is 1500. The second-order valence-corrected chi connectivity index (χ2v) is 11.8. The fourth-order valence-corrected chi connectivity index (χ4v) is 6.20. The first kappa shape index (κ1) is 29.7. The van der Waals surface area contributed by atoms with Crippen molar-refractivity contribution in [2.75, 3.05) is 10.8 Å². The summed E-state index contributed by atoms with van der Waals surface area (Å²) in [5, 5.41) is 14.4. The van der Waals surface area contributed by atoms with Gasteiger partial charge in [-0.3, -0.25) is 24.0 Å². The van der Waals surface area contributed by atoms with Crippen LogP contribution in [-0.4, -0.2) is 48.7 Å². The van der Waals surface area contributed by atoms with Crippen molar-refractivity contribution in [2.24, 2.45) is 0 Å². The third-order valence-corrected chi connectivity index (χ3v) is 8.86. The summed E-state index contributed by atoms with van der Waals surface area (Å²) in [6.07, 6.45) is 3.65. The van der Waals surface area contributed by atoms with Crippen molar-refractivity contribution >= 4 is 33.2 Å². The summed E-state index contributed by atoms with van der Waals surface area (Å²) in [6.45, 7) is 0.724. The smallest absolute Gasteiger partial charge is 0.271 e. The van der Waals surface area contributed by atoms with Gasteiger partial charge in [0.2, 0.25) is 11.8 Å². The monoisotopic (exact) mass is 582 g/mol. The van der Waals surface area contributed by atoms with Crippen molar-refractivity contribution < 1.29 is 27.3 Å². The molecule has 0 radical (unpaired) electrons. The molecule has 0 saturated heterocycles. The van der Waals surface area contributed by atoms with Gasteiger partial charge in [-0.15, -0.1) is 0 Å². The van der Waals surface area contributed by atoms with E-state index in [4.69, 9.17) is 0 Å². The number of hydrogen-bond acceptors (Lipinski definition) is 6. The van der Waals surface area contributed by atoms with Crippen molar-refractivity contribution in [3.63, 3.8) is 0 Å². The van der Waals surface area contributed by atoms with Gasteiger partial charge in [0.25, 0.3) is 15.7 Å². The Morgan fingerprint density at radius 3 is 2.32 bits per heavy atom. The number of nitro benzene ring substituents is 1. The summed E-state index contributed by atoms with van der Waals surface area (Å²) in [7, 11) is -4.36. The van der Waals surface area contributed by atoms with Gasteiger partial charge in [0, 0.05) is 24.7 Å². The molecule has 12 heteroatoms. The van der Waals surface area contributed by atoms with Gasteiger partial charge >= 0.3 is 0 Å². The quantitative estimate of drug-likeness (QED) is 0.263. The Balaban J connectivity index is 1.70. The molecule has 1 aliphatic rings. The largest absolute Gasteiger partial charge is 0.352 e. The number of anilines is 1. The van der Waals surface area contributed by atoms with E-state index in [1.165, 1.54) is 71.6 Å². The number of carbonyl (C=O) groups excluding carboxylic acids is 2. The van der Waals surface area contributed by atoms with Crippen LogP contribution in [0.25, 0.3) is 0 Å². The number of amides is 2. The third-order valence-electron chi connectivity index (χ3n) is 7.07. The number of halogens is 1. The van der Waals surface area contributed by atoms with E-state index in [-0.39, 0.29) is 34.8 Å². The lowest BCUT2D eigenvalue weighted by molar-refractivity contribution is -0.384. The first-order chi connectivity index (χ1) is 19.6. The number of nitro groups is 1. The Hall–Kier alpha value is -4.32. The van der Waals surface area contributed by atoms with Crippen molar-refractivity contribution in [1.82, 2.24) is 10.2 Å². The number of non-ortho nitro benzene ring substituents is 1. The second-order valence-electron chi connectivity index (χ2n) is 9.92. The predicted octanol–water partition coefficient (Wildman–Crippen LogP) is 4.41. The molecule has 1 saturated carbocycles. The van der Waals surface area contributed by atoms with Crippen molar-refractivity contribution in [3.8, 4) is 0 Å². The number of rotatable bonds is 11. The van der Waals surface area contributed by atoms with Gasteiger partial charge < -0.3 is 10.2 Å². The average molecular weight is 583 g/mol. The van der Waals surface area contributed by atoms with E-state index < -0.39 is 39.3 Å². The van der Waals surface area contributed by atoms with Crippen LogP contribution in [0.2, 0.25) is 0 Å². The molecule has 3 aromatic carbocycles. The van der Waals surface area contributed by atoms with E-state index in [0.717, 1.165) is 36.1 Å². The van der Waals surface area contributed by atoms with E-state index in [0.29, 0.717) is 5.56 Å². The molecule has 1 fully saturated rings. The van der Waals surface area contributed by atoms with Crippen LogP contribution in [-0.2, 0) is 26.2 Å². The molecule has 0 bridgehead atoms. The highest BCUT2D eigenvalue weighted by Crippen LogP contribution is 2.28. The molecule has 1 N–H and O–H groups in total. The summed E-state index contributed by atoms with van der Waals surface area (Å²) in [5.74, 6) is -1.57. The van der Waals surface area contributed by atoms with Crippen LogP contribution in [0.3, 0.4) is 0 Å². The SMILES string of the molecule is CC(C(=O)NC1CCCC1)N(Cc1ccc(F)cc1)C(=O)CN(c1cccc([N+](=O)[O-])c1)S(=O)(=O)c1ccccc1. The van der Waals surface area contributed by atoms with Crippen LogP contribution in [0.4, 0.5) is 15.8 Å². The maximum Gasteiger partial charge on any atom is 0.271 e. The standard InChI is InChI=1S/C29H31FN4O6S/c1-21(29(36)31-24-8-5-6-9-24)32(19-22-14-16-23(30)17-15-22)28(35)20-33(25-10-7-11-26(18-25)34(37)38)41(39,40)27-12-3-2-4-13-27/h2-4,7,10-18,21,24H,5-6,8-9,19-20H2,1H3,(H,31,36). The zero-order valence-corrected chi connectivity index (χ0v) is 23.3. The molecule has 4 rings (SSSR count). The highest BCUT2D eigenvalue weighted by atomic mass is 32.2. The number of sulfonamides is 1. The zero-order valence-electron chi connectivity index (χ0n) is 22.5. The first-order valence-corrected chi connectivity index (χ1v) is 14.7. The van der Waals surface area contributed by atoms with Crippen LogP contribution in [0.15, 0.2) is 83.8 Å². The van der Waals surface area contributed by atoms with Crippen LogP contribution in [0, 0.1) is 15.9 Å². The highest BCUT2D eigenvalue weighted by Gasteiger charge is 2.33. The lowest BCUT2D eigenvalue weighted by Crippen LogP contribution is -2.52. The number of nitrogens with one attached hydrogen (secondary N) is 1. The van der Waals surface area contributed by atoms with Gasteiger partial charge in [-0.05, 0) is 55.7 Å². The second kappa shape index (κ2) is 12.9. The minimum Gasteiger partial charge on any atom is -0.352 e. The molecule has 1 aliphatic carbocycles. The minimum atomic E-state index is -4.36. The van der Waals surface area contributed by atoms with Gasteiger partial charge in [0.05, 0.1) is 15.5 Å². The Morgan fingerprint density at radius 2 is 1.68 bits per heavy atom. The summed E-state index contributed by atoms with van der Waals surface area (Å²) in [5.41, 5.74) is 0.102. The minimum absolute atomic E-state index is 0.00690. The molecule has 0 spiro atoms. The van der Waals surface area contributed by atoms with E-state index in [9.17, 15) is 32.5 Å². The molecular formula is C29H31FN4O6S. The van der Waals surface area contributed by atoms with Gasteiger partial charge in [0.15, 0.2) is 0 Å². The Morgan fingerprint density at radius 1 is 1.02 bits per heavy atom. The molecule has 216 valence electrons. The molecule has 1 unspecified atom stereocenters. The van der Waals surface area contributed by atoms with E-state index >= 15 is 0 Å². The first-order valence-electron chi connectivity index (χ1n) is 13.2. The number of benzene rings is 3. The number of nitrogens with zero attached hydrogens (tertiary/aromatic N) is 3. The summed E-state index contributed by atoms with van der Waals surface area (Å²) >= 11 is 0. The van der Waals surface area contributed by atoms with Gasteiger partial charge in [-0.25, -0.2) is 12.8 Å². The molecular weight excluding hydrogens is 551 g/mol. The Labute approximate surface area is 238 Å². The molecule has 3 aromatic rings. The van der Waals surface area contributed by atoms with Crippen LogP contribution in [0.5, 0.6) is 0 Å². The lowest BCUT2D eigenvalue weighted by Gasteiger charge is -2.32. The molecule has 1 atom stereocenters. The van der Waals surface area contributed by atoms with Gasteiger partial charge in [-0.2, -0.15) is 0 Å². The highest BCUT2D eigenvalue weighted by molar-refractivity contribution is 7.92. The van der Waals surface area contributed by atoms with Crippen molar-refractivity contribution in [1.29, 1.82) is 0 Å². The topological polar surface area (TPSA) is 130 Å². The van der Waals surface area contributed by atoms with Crippen molar-refractivity contribution in [2.45, 2.75) is 56.1 Å². The fourth-order valence-electron chi connectivity index (χ4n) is 4.77. The number of hydrogen-bond donors (Lipinski definition) is 1. The molecule has 0 aliphatic heterocycles. The maximum atomic E-state index is 13.9. The summed E-state index contributed by atoms with van der Waals surface area (Å²) in [6, 6.07) is 16.8. The zero-order chi connectivity index (χ0) is 29.6. The molecule has 0 aromatic heterocycles. The third kappa shape index (κ3) is 7.26. The maximum absolute atomic E-state index is 13.9.